The quantitative estimate of drug-likeness (QED) is 0.537. The van der Waals surface area contributed by atoms with Crippen molar-refractivity contribution in [2.75, 3.05) is 0 Å². The van der Waals surface area contributed by atoms with Crippen molar-refractivity contribution < 1.29 is 14.6 Å². The second kappa shape index (κ2) is 8.90. The summed E-state index contributed by atoms with van der Waals surface area (Å²) in [5.74, 6) is -0.211. The highest BCUT2D eigenvalue weighted by Gasteiger charge is 2.19. The molecule has 1 saturated carbocycles. The zero-order valence-electron chi connectivity index (χ0n) is 14.8. The van der Waals surface area contributed by atoms with Crippen LogP contribution in [-0.2, 0) is 4.79 Å². The van der Waals surface area contributed by atoms with E-state index in [-0.39, 0.29) is 11.4 Å². The minimum absolute atomic E-state index is 0.0941. The molecule has 0 radical (unpaired) electrons. The predicted octanol–water partition coefficient (Wildman–Crippen LogP) is 5.19. The molecule has 26 heavy (non-hydrogen) atoms. The number of rotatable bonds is 7. The van der Waals surface area contributed by atoms with Crippen LogP contribution in [-0.4, -0.2) is 27.4 Å². The van der Waals surface area contributed by atoms with E-state index in [2.05, 4.69) is 29.2 Å². The van der Waals surface area contributed by atoms with Crippen LogP contribution in [0.1, 0.15) is 32.6 Å². The summed E-state index contributed by atoms with van der Waals surface area (Å²) >= 11 is 1.62. The Morgan fingerprint density at radius 2 is 2.00 bits per heavy atom. The molecule has 1 unspecified atom stereocenters. The molecule has 1 aliphatic carbocycles. The summed E-state index contributed by atoms with van der Waals surface area (Å²) in [6, 6.07) is 12.2. The van der Waals surface area contributed by atoms with Gasteiger partial charge >= 0.3 is 5.97 Å². The van der Waals surface area contributed by atoms with Crippen molar-refractivity contribution in [1.29, 1.82) is 0 Å². The number of ether oxygens (including phenoxy) is 1. The number of hydrogen-bond acceptors (Lipinski definition) is 4. The molecule has 1 aliphatic rings. The molecule has 5 heteroatoms. The van der Waals surface area contributed by atoms with Gasteiger partial charge in [-0.25, -0.2) is 9.78 Å². The Bertz CT molecular complexity index is 767. The maximum Gasteiger partial charge on any atom is 0.328 e. The Kier molecular flexibility index (Phi) is 6.34. The standard InChI is InChI=1S/C21H23NO3S/c1-15(8-13-20(23)24)26-18-11-9-16(10-12-18)19-7-4-14-22-21(19)25-17-5-2-3-6-17/h4,7-15,17H,2-3,5-6H2,1H3,(H,23,24)/b13-8+. The van der Waals surface area contributed by atoms with Crippen LogP contribution in [0.5, 0.6) is 5.88 Å². The third-order valence-electron chi connectivity index (χ3n) is 4.35. The van der Waals surface area contributed by atoms with Crippen molar-refractivity contribution in [2.24, 2.45) is 0 Å². The van der Waals surface area contributed by atoms with Crippen molar-refractivity contribution >= 4 is 17.7 Å². The number of aliphatic carboxylic acids is 1. The predicted molar refractivity (Wildman–Crippen MR) is 105 cm³/mol. The van der Waals surface area contributed by atoms with E-state index in [1.165, 1.54) is 18.9 Å². The second-order valence-electron chi connectivity index (χ2n) is 6.43. The number of aromatic nitrogens is 1. The molecule has 136 valence electrons. The van der Waals surface area contributed by atoms with Gasteiger partial charge in [-0.3, -0.25) is 0 Å². The molecule has 3 rings (SSSR count). The summed E-state index contributed by atoms with van der Waals surface area (Å²) in [5.41, 5.74) is 2.08. The van der Waals surface area contributed by atoms with Crippen LogP contribution >= 0.6 is 11.8 Å². The number of hydrogen-bond donors (Lipinski definition) is 1. The Balaban J connectivity index is 1.71. The second-order valence-corrected chi connectivity index (χ2v) is 7.88. The monoisotopic (exact) mass is 369 g/mol. The summed E-state index contributed by atoms with van der Waals surface area (Å²) in [4.78, 5) is 16.1. The zero-order chi connectivity index (χ0) is 18.4. The third kappa shape index (κ3) is 5.11. The van der Waals surface area contributed by atoms with Crippen LogP contribution < -0.4 is 4.74 Å². The van der Waals surface area contributed by atoms with Gasteiger partial charge in [0.1, 0.15) is 6.10 Å². The molecular weight excluding hydrogens is 346 g/mol. The summed E-state index contributed by atoms with van der Waals surface area (Å²) < 4.78 is 6.13. The van der Waals surface area contributed by atoms with Gasteiger partial charge in [-0.15, -0.1) is 11.8 Å². The van der Waals surface area contributed by atoms with E-state index in [1.54, 1.807) is 24.0 Å². The Hall–Kier alpha value is -2.27. The Labute approximate surface area is 158 Å². The van der Waals surface area contributed by atoms with Gasteiger partial charge in [-0.1, -0.05) is 18.2 Å². The fourth-order valence-electron chi connectivity index (χ4n) is 3.05. The van der Waals surface area contributed by atoms with Crippen LogP contribution in [0.15, 0.2) is 59.6 Å². The molecule has 0 bridgehead atoms. The zero-order valence-corrected chi connectivity index (χ0v) is 15.6. The number of pyridine rings is 1. The molecule has 0 saturated heterocycles. The van der Waals surface area contributed by atoms with E-state index >= 15 is 0 Å². The first-order valence-electron chi connectivity index (χ1n) is 8.92. The van der Waals surface area contributed by atoms with Crippen molar-refractivity contribution in [3.8, 4) is 17.0 Å². The maximum atomic E-state index is 10.6. The fourth-order valence-corrected chi connectivity index (χ4v) is 3.93. The number of benzene rings is 1. The Morgan fingerprint density at radius 1 is 1.27 bits per heavy atom. The molecular formula is C21H23NO3S. The average Bonchev–Trinajstić information content (AvgIpc) is 3.14. The van der Waals surface area contributed by atoms with Crippen molar-refractivity contribution in [2.45, 2.75) is 48.9 Å². The largest absolute Gasteiger partial charge is 0.478 e. The van der Waals surface area contributed by atoms with Gasteiger partial charge in [0.05, 0.1) is 0 Å². The van der Waals surface area contributed by atoms with E-state index in [1.807, 2.05) is 19.1 Å². The van der Waals surface area contributed by atoms with Gasteiger partial charge in [-0.05, 0) is 62.4 Å². The molecule has 2 aromatic rings. The topological polar surface area (TPSA) is 59.4 Å². The molecule has 1 fully saturated rings. The number of carbonyl (C=O) groups is 1. The molecule has 1 N–H and O–H groups in total. The van der Waals surface area contributed by atoms with E-state index in [0.717, 1.165) is 28.9 Å². The molecule has 4 nitrogen and oxygen atoms in total. The number of carboxylic acids is 1. The minimum atomic E-state index is -0.917. The molecule has 0 amide bonds. The summed E-state index contributed by atoms with van der Waals surface area (Å²) in [6.45, 7) is 1.98. The lowest BCUT2D eigenvalue weighted by molar-refractivity contribution is -0.131. The maximum absolute atomic E-state index is 10.6. The van der Waals surface area contributed by atoms with Crippen molar-refractivity contribution in [1.82, 2.24) is 4.98 Å². The number of nitrogens with zero attached hydrogens (tertiary/aromatic N) is 1. The highest BCUT2D eigenvalue weighted by molar-refractivity contribution is 8.00. The molecule has 0 aliphatic heterocycles. The van der Waals surface area contributed by atoms with Crippen LogP contribution in [0.4, 0.5) is 0 Å². The van der Waals surface area contributed by atoms with Crippen LogP contribution in [0.3, 0.4) is 0 Å². The molecule has 1 aromatic heterocycles. The lowest BCUT2D eigenvalue weighted by atomic mass is 10.1. The third-order valence-corrected chi connectivity index (χ3v) is 5.42. The van der Waals surface area contributed by atoms with E-state index in [0.29, 0.717) is 5.88 Å². The van der Waals surface area contributed by atoms with E-state index in [4.69, 9.17) is 9.84 Å². The highest BCUT2D eigenvalue weighted by atomic mass is 32.2. The highest BCUT2D eigenvalue weighted by Crippen LogP contribution is 2.33. The Morgan fingerprint density at radius 3 is 2.69 bits per heavy atom. The van der Waals surface area contributed by atoms with Gasteiger partial charge in [0, 0.05) is 28.0 Å². The smallest absolute Gasteiger partial charge is 0.328 e. The van der Waals surface area contributed by atoms with Gasteiger partial charge in [0.15, 0.2) is 0 Å². The molecule has 1 atom stereocenters. The molecule has 1 aromatic carbocycles. The summed E-state index contributed by atoms with van der Waals surface area (Å²) in [7, 11) is 0. The van der Waals surface area contributed by atoms with Crippen molar-refractivity contribution in [3.05, 3.63) is 54.7 Å². The molecule has 0 spiro atoms. The van der Waals surface area contributed by atoms with Crippen LogP contribution in [0.25, 0.3) is 11.1 Å². The van der Waals surface area contributed by atoms with Gasteiger partial charge < -0.3 is 9.84 Å². The number of carboxylic acid groups (broad SMARTS) is 1. The van der Waals surface area contributed by atoms with Gasteiger partial charge in [0.25, 0.3) is 0 Å². The number of thioether (sulfide) groups is 1. The van der Waals surface area contributed by atoms with E-state index in [9.17, 15) is 4.79 Å². The van der Waals surface area contributed by atoms with E-state index < -0.39 is 5.97 Å². The lowest BCUT2D eigenvalue weighted by Gasteiger charge is -2.15. The van der Waals surface area contributed by atoms with Gasteiger partial charge in [-0.2, -0.15) is 0 Å². The average molecular weight is 369 g/mol. The normalized spacial score (nSPS) is 16.0. The molecule has 1 heterocycles. The lowest BCUT2D eigenvalue weighted by Crippen LogP contribution is -2.12. The van der Waals surface area contributed by atoms with Crippen LogP contribution in [0, 0.1) is 0 Å². The SMILES string of the molecule is CC(/C=C/C(=O)O)Sc1ccc(-c2cccnc2OC2CCCC2)cc1. The first-order valence-corrected chi connectivity index (χ1v) is 9.79. The minimum Gasteiger partial charge on any atom is -0.478 e. The fraction of sp³-hybridized carbons (Fsp3) is 0.333. The van der Waals surface area contributed by atoms with Gasteiger partial charge in [0.2, 0.25) is 5.88 Å². The van der Waals surface area contributed by atoms with Crippen molar-refractivity contribution in [3.63, 3.8) is 0 Å². The first kappa shape index (κ1) is 18.5. The van der Waals surface area contributed by atoms with Crippen LogP contribution in [0.2, 0.25) is 0 Å². The first-order chi connectivity index (χ1) is 12.6. The summed E-state index contributed by atoms with van der Waals surface area (Å²) in [6.07, 6.45) is 9.60. The summed E-state index contributed by atoms with van der Waals surface area (Å²) in [5, 5.41) is 8.80.